The molecule has 4 rings (SSSR count). The van der Waals surface area contributed by atoms with Gasteiger partial charge in [-0.2, -0.15) is 0 Å². The van der Waals surface area contributed by atoms with Gasteiger partial charge in [-0.1, -0.05) is 35.9 Å². The molecular weight excluding hydrogens is 402 g/mol. The number of hydrogen-bond donors (Lipinski definition) is 0. The van der Waals surface area contributed by atoms with Gasteiger partial charge >= 0.3 is 0 Å². The summed E-state index contributed by atoms with van der Waals surface area (Å²) in [5, 5.41) is 0. The first-order valence-electron chi connectivity index (χ1n) is 10.6. The van der Waals surface area contributed by atoms with Gasteiger partial charge in [-0.25, -0.2) is 0 Å². The largest absolute Gasteiger partial charge is 0.493 e. The van der Waals surface area contributed by atoms with E-state index in [-0.39, 0.29) is 12.0 Å². The monoisotopic (exact) mass is 431 g/mol. The van der Waals surface area contributed by atoms with Gasteiger partial charge in [0.1, 0.15) is 0 Å². The van der Waals surface area contributed by atoms with E-state index in [0.29, 0.717) is 23.0 Å². The number of aryl methyl sites for hydroxylation is 1. The number of ether oxygens (including phenoxy) is 4. The van der Waals surface area contributed by atoms with Crippen molar-refractivity contribution in [2.45, 2.75) is 25.8 Å². The van der Waals surface area contributed by atoms with Crippen molar-refractivity contribution in [3.05, 3.63) is 82.4 Å². The van der Waals surface area contributed by atoms with E-state index >= 15 is 0 Å². The minimum Gasteiger partial charge on any atom is -0.493 e. The van der Waals surface area contributed by atoms with Crippen LogP contribution in [0, 0.1) is 6.92 Å². The van der Waals surface area contributed by atoms with E-state index in [2.05, 4.69) is 50.2 Å². The maximum atomic E-state index is 5.65. The highest BCUT2D eigenvalue weighted by atomic mass is 16.5. The van der Waals surface area contributed by atoms with Gasteiger partial charge in [0.15, 0.2) is 23.0 Å². The van der Waals surface area contributed by atoms with Crippen molar-refractivity contribution in [2.24, 2.45) is 4.99 Å². The smallest absolute Gasteiger partial charge is 0.161 e. The van der Waals surface area contributed by atoms with Crippen LogP contribution in [-0.4, -0.2) is 34.2 Å². The molecule has 0 aliphatic carbocycles. The lowest BCUT2D eigenvalue weighted by molar-refractivity contribution is 0.353. The summed E-state index contributed by atoms with van der Waals surface area (Å²) in [6, 6.07) is 18.7. The highest BCUT2D eigenvalue weighted by Crippen LogP contribution is 2.48. The lowest BCUT2D eigenvalue weighted by atomic mass is 9.77. The van der Waals surface area contributed by atoms with Crippen LogP contribution in [0.25, 0.3) is 0 Å². The molecule has 5 heteroatoms. The summed E-state index contributed by atoms with van der Waals surface area (Å²) >= 11 is 0. The van der Waals surface area contributed by atoms with Crippen LogP contribution in [0.1, 0.15) is 46.7 Å². The molecule has 32 heavy (non-hydrogen) atoms. The Kier molecular flexibility index (Phi) is 6.08. The molecule has 1 aliphatic rings. The van der Waals surface area contributed by atoms with Crippen molar-refractivity contribution in [2.75, 3.05) is 28.4 Å². The van der Waals surface area contributed by atoms with Crippen LogP contribution >= 0.6 is 0 Å². The molecule has 1 aliphatic heterocycles. The highest BCUT2D eigenvalue weighted by Gasteiger charge is 2.34. The maximum Gasteiger partial charge on any atom is 0.161 e. The van der Waals surface area contributed by atoms with Gasteiger partial charge in [0.25, 0.3) is 0 Å². The van der Waals surface area contributed by atoms with Crippen molar-refractivity contribution in [3.8, 4) is 23.0 Å². The van der Waals surface area contributed by atoms with Gasteiger partial charge < -0.3 is 18.9 Å². The van der Waals surface area contributed by atoms with Crippen molar-refractivity contribution in [3.63, 3.8) is 0 Å². The SMILES string of the molecule is COc1ccc([C@@H]2c3cc(OC)c(OC)cc3C(C)=N[C@H]2c2ccc(C)cc2)cc1OC. The first-order valence-corrected chi connectivity index (χ1v) is 10.6. The van der Waals surface area contributed by atoms with Crippen LogP contribution in [0.5, 0.6) is 23.0 Å². The molecule has 0 saturated carbocycles. The van der Waals surface area contributed by atoms with Crippen molar-refractivity contribution < 1.29 is 18.9 Å². The van der Waals surface area contributed by atoms with Crippen LogP contribution in [0.3, 0.4) is 0 Å². The van der Waals surface area contributed by atoms with Crippen LogP contribution < -0.4 is 18.9 Å². The third-order valence-corrected chi connectivity index (χ3v) is 6.11. The minimum absolute atomic E-state index is 0.0315. The second-order valence-electron chi connectivity index (χ2n) is 7.96. The van der Waals surface area contributed by atoms with E-state index < -0.39 is 0 Å². The highest BCUT2D eigenvalue weighted by molar-refractivity contribution is 6.02. The molecule has 0 bridgehead atoms. The predicted molar refractivity (Wildman–Crippen MR) is 127 cm³/mol. The molecule has 0 unspecified atom stereocenters. The fourth-order valence-corrected chi connectivity index (χ4v) is 4.43. The Labute approximate surface area is 189 Å². The number of benzene rings is 3. The summed E-state index contributed by atoms with van der Waals surface area (Å²) in [7, 11) is 6.62. The zero-order valence-corrected chi connectivity index (χ0v) is 19.4. The Balaban J connectivity index is 1.96. The van der Waals surface area contributed by atoms with E-state index in [0.717, 1.165) is 28.0 Å². The van der Waals surface area contributed by atoms with Crippen LogP contribution in [-0.2, 0) is 0 Å². The lowest BCUT2D eigenvalue weighted by Gasteiger charge is -2.33. The molecule has 3 aromatic carbocycles. The van der Waals surface area contributed by atoms with E-state index in [1.807, 2.05) is 18.2 Å². The second kappa shape index (κ2) is 8.95. The van der Waals surface area contributed by atoms with Gasteiger partial charge in [-0.05, 0) is 54.8 Å². The molecule has 166 valence electrons. The summed E-state index contributed by atoms with van der Waals surface area (Å²) in [4.78, 5) is 5.16. The average molecular weight is 432 g/mol. The van der Waals surface area contributed by atoms with Crippen molar-refractivity contribution in [1.29, 1.82) is 0 Å². The first kappa shape index (κ1) is 21.8. The molecule has 5 nitrogen and oxygen atoms in total. The Morgan fingerprint density at radius 3 is 1.81 bits per heavy atom. The maximum absolute atomic E-state index is 5.65. The van der Waals surface area contributed by atoms with Gasteiger partial charge in [0, 0.05) is 17.2 Å². The van der Waals surface area contributed by atoms with Gasteiger partial charge in [-0.15, -0.1) is 0 Å². The fraction of sp³-hybridized carbons (Fsp3) is 0.296. The topological polar surface area (TPSA) is 49.3 Å². The zero-order chi connectivity index (χ0) is 22.8. The fourth-order valence-electron chi connectivity index (χ4n) is 4.43. The normalized spacial score (nSPS) is 17.2. The standard InChI is InChI=1S/C27H29NO4/c1-16-7-9-18(10-8-16)27-26(19-11-12-22(29-3)23(13-19)30-4)21-15-25(32-6)24(31-5)14-20(21)17(2)28-27/h7-15,26-27H,1-6H3/t26-,27+/m1/s1. The zero-order valence-electron chi connectivity index (χ0n) is 19.4. The molecule has 2 atom stereocenters. The summed E-state index contributed by atoms with van der Waals surface area (Å²) < 4.78 is 22.3. The van der Waals surface area contributed by atoms with Crippen molar-refractivity contribution >= 4 is 5.71 Å². The molecule has 3 aromatic rings. The summed E-state index contributed by atoms with van der Waals surface area (Å²) in [5.74, 6) is 2.76. The first-order chi connectivity index (χ1) is 15.5. The minimum atomic E-state index is -0.0840. The van der Waals surface area contributed by atoms with Gasteiger partial charge in [-0.3, -0.25) is 4.99 Å². The van der Waals surface area contributed by atoms with Crippen LogP contribution in [0.2, 0.25) is 0 Å². The second-order valence-corrected chi connectivity index (χ2v) is 7.96. The molecule has 0 aromatic heterocycles. The molecule has 0 spiro atoms. The Hall–Kier alpha value is -3.47. The molecule has 0 radical (unpaired) electrons. The predicted octanol–water partition coefficient (Wildman–Crippen LogP) is 5.73. The van der Waals surface area contributed by atoms with E-state index in [9.17, 15) is 0 Å². The van der Waals surface area contributed by atoms with E-state index in [4.69, 9.17) is 23.9 Å². The number of rotatable bonds is 6. The molecular formula is C27H29NO4. The Morgan fingerprint density at radius 2 is 1.19 bits per heavy atom. The number of methoxy groups -OCH3 is 4. The molecule has 0 amide bonds. The quantitative estimate of drug-likeness (QED) is 0.500. The van der Waals surface area contributed by atoms with Crippen molar-refractivity contribution in [1.82, 2.24) is 0 Å². The molecule has 0 saturated heterocycles. The summed E-state index contributed by atoms with van der Waals surface area (Å²) in [6.07, 6.45) is 0. The average Bonchev–Trinajstić information content (AvgIpc) is 2.83. The molecule has 0 fully saturated rings. The van der Waals surface area contributed by atoms with Gasteiger partial charge in [0.2, 0.25) is 0 Å². The van der Waals surface area contributed by atoms with Crippen LogP contribution in [0.15, 0.2) is 59.6 Å². The molecule has 1 heterocycles. The third-order valence-electron chi connectivity index (χ3n) is 6.11. The number of fused-ring (bicyclic) bond motifs is 1. The lowest BCUT2D eigenvalue weighted by Crippen LogP contribution is -2.21. The van der Waals surface area contributed by atoms with Crippen LogP contribution in [0.4, 0.5) is 0 Å². The summed E-state index contributed by atoms with van der Waals surface area (Å²) in [5.41, 5.74) is 6.66. The van der Waals surface area contributed by atoms with E-state index in [1.54, 1.807) is 28.4 Å². The summed E-state index contributed by atoms with van der Waals surface area (Å²) in [6.45, 7) is 4.15. The Morgan fingerprint density at radius 1 is 0.625 bits per heavy atom. The third kappa shape index (κ3) is 3.79. The molecule has 0 N–H and O–H groups in total. The number of aliphatic imine (C=N–C) groups is 1. The van der Waals surface area contributed by atoms with Gasteiger partial charge in [0.05, 0.1) is 34.5 Å². The van der Waals surface area contributed by atoms with E-state index in [1.165, 1.54) is 5.56 Å². The number of hydrogen-bond acceptors (Lipinski definition) is 5. The Bertz CT molecular complexity index is 1150. The number of nitrogens with zero attached hydrogens (tertiary/aromatic N) is 1.